The molecular formula is C10H13Cl2N3OS. The Morgan fingerprint density at radius 1 is 1.35 bits per heavy atom. The Kier molecular flexibility index (Phi) is 4.12. The molecule has 7 heteroatoms. The zero-order valence-electron chi connectivity index (χ0n) is 9.08. The topological polar surface area (TPSA) is 68.0 Å². The summed E-state index contributed by atoms with van der Waals surface area (Å²) in [4.78, 5) is 4.11. The fraction of sp³-hybridized carbons (Fsp3) is 0.500. The smallest absolute Gasteiger partial charge is 0.147 e. The average Bonchev–Trinajstić information content (AvgIpc) is 2.29. The first kappa shape index (κ1) is 12.9. The molecule has 0 spiro atoms. The lowest BCUT2D eigenvalue weighted by Gasteiger charge is -2.23. The standard InChI is InChI=1S/C10H13Cl2N3OS/c11-7-5-8(12)10(15-9(7)13)14-6-1-3-17(16)4-2-6/h5-6H,1-4H2,(H3,13,14,15). The Hall–Kier alpha value is -0.520. The molecular weight excluding hydrogens is 281 g/mol. The van der Waals surface area contributed by atoms with Gasteiger partial charge < -0.3 is 11.1 Å². The summed E-state index contributed by atoms with van der Waals surface area (Å²) < 4.78 is 11.2. The van der Waals surface area contributed by atoms with E-state index >= 15 is 0 Å². The lowest BCUT2D eigenvalue weighted by molar-refractivity contribution is 0.622. The molecule has 0 aliphatic carbocycles. The van der Waals surface area contributed by atoms with Crippen molar-refractivity contribution in [1.82, 2.24) is 4.98 Å². The van der Waals surface area contributed by atoms with E-state index in [4.69, 9.17) is 28.9 Å². The number of anilines is 2. The van der Waals surface area contributed by atoms with Gasteiger partial charge in [0.2, 0.25) is 0 Å². The summed E-state index contributed by atoms with van der Waals surface area (Å²) in [6, 6.07) is 1.83. The number of hydrogen-bond donors (Lipinski definition) is 2. The van der Waals surface area contributed by atoms with Gasteiger partial charge in [-0.15, -0.1) is 0 Å². The molecule has 1 aliphatic rings. The molecule has 17 heavy (non-hydrogen) atoms. The Balaban J connectivity index is 2.08. The number of nitrogen functional groups attached to an aromatic ring is 1. The lowest BCUT2D eigenvalue weighted by atomic mass is 10.1. The molecule has 1 fully saturated rings. The molecule has 1 aromatic heterocycles. The second-order valence-electron chi connectivity index (χ2n) is 3.95. The third-order valence-corrected chi connectivity index (χ3v) is 4.66. The Morgan fingerprint density at radius 3 is 2.65 bits per heavy atom. The molecule has 0 atom stereocenters. The second-order valence-corrected chi connectivity index (χ2v) is 6.46. The van der Waals surface area contributed by atoms with Crippen LogP contribution in [-0.2, 0) is 10.8 Å². The van der Waals surface area contributed by atoms with Crippen molar-refractivity contribution in [2.24, 2.45) is 0 Å². The monoisotopic (exact) mass is 293 g/mol. The minimum Gasteiger partial charge on any atom is -0.382 e. The Labute approximate surface area is 112 Å². The van der Waals surface area contributed by atoms with Crippen LogP contribution in [0.4, 0.5) is 11.6 Å². The number of nitrogens with two attached hydrogens (primary N) is 1. The highest BCUT2D eigenvalue weighted by molar-refractivity contribution is 7.85. The van der Waals surface area contributed by atoms with Gasteiger partial charge in [-0.25, -0.2) is 4.98 Å². The quantitative estimate of drug-likeness (QED) is 0.878. The maximum absolute atomic E-state index is 11.2. The summed E-state index contributed by atoms with van der Waals surface area (Å²) in [6.45, 7) is 0. The van der Waals surface area contributed by atoms with Crippen LogP contribution in [-0.4, -0.2) is 26.7 Å². The van der Waals surface area contributed by atoms with Gasteiger partial charge in [0.1, 0.15) is 11.6 Å². The normalized spacial score (nSPS) is 24.6. The van der Waals surface area contributed by atoms with Crippen molar-refractivity contribution < 1.29 is 4.21 Å². The minimum atomic E-state index is -0.671. The van der Waals surface area contributed by atoms with Crippen LogP contribution in [0.2, 0.25) is 10.0 Å². The van der Waals surface area contributed by atoms with E-state index in [1.807, 2.05) is 0 Å². The number of rotatable bonds is 2. The van der Waals surface area contributed by atoms with Gasteiger partial charge in [-0.05, 0) is 18.9 Å². The van der Waals surface area contributed by atoms with Crippen LogP contribution in [0.5, 0.6) is 0 Å². The predicted molar refractivity (Wildman–Crippen MR) is 73.2 cm³/mol. The summed E-state index contributed by atoms with van der Waals surface area (Å²) in [7, 11) is -0.671. The lowest BCUT2D eigenvalue weighted by Crippen LogP contribution is -2.29. The Morgan fingerprint density at radius 2 is 2.00 bits per heavy atom. The van der Waals surface area contributed by atoms with Gasteiger partial charge in [0.05, 0.1) is 10.0 Å². The highest BCUT2D eigenvalue weighted by Crippen LogP contribution is 2.28. The van der Waals surface area contributed by atoms with E-state index in [2.05, 4.69) is 10.3 Å². The zero-order valence-corrected chi connectivity index (χ0v) is 11.4. The summed E-state index contributed by atoms with van der Waals surface area (Å²) in [5.41, 5.74) is 5.63. The number of hydrogen-bond acceptors (Lipinski definition) is 4. The van der Waals surface area contributed by atoms with Crippen LogP contribution < -0.4 is 11.1 Å². The van der Waals surface area contributed by atoms with Gasteiger partial charge in [0.15, 0.2) is 0 Å². The molecule has 3 N–H and O–H groups in total. The molecule has 0 aromatic carbocycles. The molecule has 2 rings (SSSR count). The van der Waals surface area contributed by atoms with E-state index in [1.165, 1.54) is 0 Å². The van der Waals surface area contributed by atoms with E-state index in [0.717, 1.165) is 24.3 Å². The molecule has 94 valence electrons. The van der Waals surface area contributed by atoms with Crippen molar-refractivity contribution in [3.05, 3.63) is 16.1 Å². The molecule has 4 nitrogen and oxygen atoms in total. The largest absolute Gasteiger partial charge is 0.382 e. The van der Waals surface area contributed by atoms with Crippen molar-refractivity contribution in [2.45, 2.75) is 18.9 Å². The first-order valence-corrected chi connectivity index (χ1v) is 7.53. The zero-order chi connectivity index (χ0) is 12.4. The van der Waals surface area contributed by atoms with Crippen LogP contribution in [0.25, 0.3) is 0 Å². The number of halogens is 2. The van der Waals surface area contributed by atoms with Crippen LogP contribution >= 0.6 is 23.2 Å². The summed E-state index contributed by atoms with van der Waals surface area (Å²) in [5.74, 6) is 2.25. The van der Waals surface area contributed by atoms with Crippen LogP contribution in [0.15, 0.2) is 6.07 Å². The second kappa shape index (κ2) is 5.42. The van der Waals surface area contributed by atoms with E-state index in [0.29, 0.717) is 15.9 Å². The van der Waals surface area contributed by atoms with Crippen molar-refractivity contribution >= 4 is 45.6 Å². The molecule has 0 amide bonds. The van der Waals surface area contributed by atoms with Gasteiger partial charge >= 0.3 is 0 Å². The first-order chi connectivity index (χ1) is 8.06. The molecule has 0 unspecified atom stereocenters. The maximum Gasteiger partial charge on any atom is 0.147 e. The first-order valence-electron chi connectivity index (χ1n) is 5.29. The van der Waals surface area contributed by atoms with Crippen LogP contribution in [0.1, 0.15) is 12.8 Å². The molecule has 0 radical (unpaired) electrons. The number of nitrogens with one attached hydrogen (secondary N) is 1. The van der Waals surface area contributed by atoms with Gasteiger partial charge in [-0.2, -0.15) is 0 Å². The number of pyridine rings is 1. The third kappa shape index (κ3) is 3.24. The number of aromatic nitrogens is 1. The molecule has 0 bridgehead atoms. The van der Waals surface area contributed by atoms with Crippen LogP contribution in [0.3, 0.4) is 0 Å². The summed E-state index contributed by atoms with van der Waals surface area (Å²) in [6.07, 6.45) is 1.71. The summed E-state index contributed by atoms with van der Waals surface area (Å²) in [5, 5.41) is 4.03. The average molecular weight is 294 g/mol. The van der Waals surface area contributed by atoms with Gasteiger partial charge in [-0.1, -0.05) is 23.2 Å². The van der Waals surface area contributed by atoms with Crippen molar-refractivity contribution in [1.29, 1.82) is 0 Å². The highest BCUT2D eigenvalue weighted by Gasteiger charge is 2.19. The van der Waals surface area contributed by atoms with E-state index in [-0.39, 0.29) is 11.9 Å². The predicted octanol–water partition coefficient (Wildman–Crippen LogP) is 2.29. The van der Waals surface area contributed by atoms with Gasteiger partial charge in [0, 0.05) is 28.3 Å². The van der Waals surface area contributed by atoms with Crippen molar-refractivity contribution in [2.75, 3.05) is 22.6 Å². The van der Waals surface area contributed by atoms with E-state index in [9.17, 15) is 4.21 Å². The molecule has 2 heterocycles. The van der Waals surface area contributed by atoms with E-state index in [1.54, 1.807) is 6.07 Å². The fourth-order valence-electron chi connectivity index (χ4n) is 1.71. The van der Waals surface area contributed by atoms with Crippen molar-refractivity contribution in [3.8, 4) is 0 Å². The molecule has 1 aliphatic heterocycles. The van der Waals surface area contributed by atoms with Crippen molar-refractivity contribution in [3.63, 3.8) is 0 Å². The minimum absolute atomic E-state index is 0.248. The number of nitrogens with zero attached hydrogens (tertiary/aromatic N) is 1. The molecule has 1 saturated heterocycles. The highest BCUT2D eigenvalue weighted by atomic mass is 35.5. The maximum atomic E-state index is 11.2. The van der Waals surface area contributed by atoms with Gasteiger partial charge in [0.25, 0.3) is 0 Å². The molecule has 1 aromatic rings. The Bertz CT molecular complexity index is 445. The molecule has 0 saturated carbocycles. The summed E-state index contributed by atoms with van der Waals surface area (Å²) >= 11 is 11.8. The fourth-order valence-corrected chi connectivity index (χ4v) is 3.43. The van der Waals surface area contributed by atoms with Gasteiger partial charge in [-0.3, -0.25) is 4.21 Å². The third-order valence-electron chi connectivity index (χ3n) is 2.69. The van der Waals surface area contributed by atoms with E-state index < -0.39 is 10.8 Å². The van der Waals surface area contributed by atoms with Crippen LogP contribution in [0, 0.1) is 0 Å². The SMILES string of the molecule is Nc1nc(NC2CCS(=O)CC2)c(Cl)cc1Cl.